The van der Waals surface area contributed by atoms with E-state index in [0.29, 0.717) is 35.8 Å². The minimum absolute atomic E-state index is 0.0543. The number of carbonyl (C=O) groups excluding carboxylic acids is 1. The van der Waals surface area contributed by atoms with Gasteiger partial charge in [0.25, 0.3) is 0 Å². The number of hydrogen-bond donors (Lipinski definition) is 2. The van der Waals surface area contributed by atoms with E-state index >= 15 is 0 Å². The lowest BCUT2D eigenvalue weighted by molar-refractivity contribution is 0.0235. The number of amides is 1. The summed E-state index contributed by atoms with van der Waals surface area (Å²) in [6, 6.07) is 8.15. The molecule has 3 heterocycles. The zero-order valence-electron chi connectivity index (χ0n) is 20.0. The van der Waals surface area contributed by atoms with Crippen LogP contribution in [0.5, 0.6) is 11.6 Å². The molecule has 1 amide bonds. The van der Waals surface area contributed by atoms with Crippen molar-refractivity contribution in [2.45, 2.75) is 45.3 Å². The largest absolute Gasteiger partial charge is 0.444 e. The molecule has 3 aromatic rings. The van der Waals surface area contributed by atoms with Crippen molar-refractivity contribution in [3.05, 3.63) is 54.7 Å². The molecule has 1 aromatic carbocycles. The Morgan fingerprint density at radius 1 is 1.23 bits per heavy atom. The van der Waals surface area contributed by atoms with E-state index in [1.54, 1.807) is 35.4 Å². The van der Waals surface area contributed by atoms with Gasteiger partial charge in [0.15, 0.2) is 5.82 Å². The van der Waals surface area contributed by atoms with Crippen LogP contribution in [0.3, 0.4) is 0 Å². The van der Waals surface area contributed by atoms with E-state index < -0.39 is 11.4 Å². The van der Waals surface area contributed by atoms with Crippen LogP contribution in [0.15, 0.2) is 48.9 Å². The maximum Gasteiger partial charge on any atom is 0.410 e. The summed E-state index contributed by atoms with van der Waals surface area (Å²) in [5.74, 6) is 0.563. The Morgan fingerprint density at radius 3 is 2.71 bits per heavy atom. The van der Waals surface area contributed by atoms with Crippen molar-refractivity contribution in [3.63, 3.8) is 0 Å². The van der Waals surface area contributed by atoms with Crippen LogP contribution in [0.2, 0.25) is 0 Å². The van der Waals surface area contributed by atoms with Crippen LogP contribution >= 0.6 is 0 Å². The number of nitrogens with zero attached hydrogens (tertiary/aromatic N) is 4. The monoisotopic (exact) mass is 480 g/mol. The van der Waals surface area contributed by atoms with Crippen LogP contribution in [0.25, 0.3) is 11.4 Å². The first-order valence-electron chi connectivity index (χ1n) is 11.4. The van der Waals surface area contributed by atoms with E-state index in [-0.39, 0.29) is 23.8 Å². The van der Waals surface area contributed by atoms with E-state index in [1.165, 1.54) is 12.3 Å². The number of hydrogen-bond acceptors (Lipinski definition) is 8. The molecule has 0 spiro atoms. The Kier molecular flexibility index (Phi) is 6.99. The highest BCUT2D eigenvalue weighted by atomic mass is 19.1. The Bertz CT molecular complexity index is 1180. The molecule has 3 N–H and O–H groups in total. The second kappa shape index (κ2) is 10.1. The molecule has 0 bridgehead atoms. The number of nitrogens with one attached hydrogen (secondary N) is 1. The number of ether oxygens (including phenoxy) is 2. The number of nitrogen functional groups attached to an aromatic ring is 1. The molecular weight excluding hydrogens is 451 g/mol. The molecule has 9 nitrogen and oxygen atoms in total. The summed E-state index contributed by atoms with van der Waals surface area (Å²) in [5.41, 5.74) is 6.78. The molecule has 0 aliphatic carbocycles. The summed E-state index contributed by atoms with van der Waals surface area (Å²) >= 11 is 0. The van der Waals surface area contributed by atoms with Gasteiger partial charge in [0, 0.05) is 30.5 Å². The molecule has 1 unspecified atom stereocenters. The SMILES string of the molecule is CC(C)(C)OC(=O)N1CCCC1CNc1cnc(-c2cncc(F)c2)nc1Oc1ccc(N)cc1. The predicted molar refractivity (Wildman–Crippen MR) is 131 cm³/mol. The third-order valence-electron chi connectivity index (χ3n) is 5.34. The third kappa shape index (κ3) is 6.34. The average Bonchev–Trinajstić information content (AvgIpc) is 3.27. The number of anilines is 2. The zero-order chi connectivity index (χ0) is 25.0. The van der Waals surface area contributed by atoms with Gasteiger partial charge in [-0.05, 0) is 63.9 Å². The molecule has 1 fully saturated rings. The molecule has 10 heteroatoms. The molecule has 1 saturated heterocycles. The van der Waals surface area contributed by atoms with Gasteiger partial charge in [-0.1, -0.05) is 0 Å². The summed E-state index contributed by atoms with van der Waals surface area (Å²) in [6.07, 6.45) is 5.58. The quantitative estimate of drug-likeness (QED) is 0.481. The van der Waals surface area contributed by atoms with Crippen LogP contribution in [0, 0.1) is 5.82 Å². The molecule has 184 valence electrons. The summed E-state index contributed by atoms with van der Waals surface area (Å²) in [6.45, 7) is 6.64. The number of aromatic nitrogens is 3. The normalized spacial score (nSPS) is 15.7. The fourth-order valence-corrected chi connectivity index (χ4v) is 3.72. The number of halogens is 1. The molecule has 35 heavy (non-hydrogen) atoms. The van der Waals surface area contributed by atoms with Gasteiger partial charge in [0.05, 0.1) is 18.4 Å². The Labute approximate surface area is 203 Å². The minimum Gasteiger partial charge on any atom is -0.444 e. The maximum atomic E-state index is 13.7. The summed E-state index contributed by atoms with van der Waals surface area (Å²) in [5, 5.41) is 3.31. The van der Waals surface area contributed by atoms with Crippen molar-refractivity contribution in [1.29, 1.82) is 0 Å². The Morgan fingerprint density at radius 2 is 2.00 bits per heavy atom. The fraction of sp³-hybridized carbons (Fsp3) is 0.360. The fourth-order valence-electron chi connectivity index (χ4n) is 3.72. The highest BCUT2D eigenvalue weighted by Crippen LogP contribution is 2.31. The molecule has 1 aliphatic rings. The molecule has 0 radical (unpaired) electrons. The number of pyridine rings is 1. The third-order valence-corrected chi connectivity index (χ3v) is 5.34. The molecule has 2 aromatic heterocycles. The number of rotatable bonds is 6. The van der Waals surface area contributed by atoms with Crippen LogP contribution in [-0.4, -0.2) is 50.7 Å². The van der Waals surface area contributed by atoms with Gasteiger partial charge in [-0.2, -0.15) is 4.98 Å². The molecule has 1 aliphatic heterocycles. The van der Waals surface area contributed by atoms with E-state index in [0.717, 1.165) is 19.0 Å². The molecule has 4 rings (SSSR count). The maximum absolute atomic E-state index is 13.7. The van der Waals surface area contributed by atoms with Crippen molar-refractivity contribution in [2.24, 2.45) is 0 Å². The highest BCUT2D eigenvalue weighted by Gasteiger charge is 2.32. The van der Waals surface area contributed by atoms with Crippen molar-refractivity contribution < 1.29 is 18.7 Å². The van der Waals surface area contributed by atoms with Crippen LogP contribution in [0.1, 0.15) is 33.6 Å². The lowest BCUT2D eigenvalue weighted by Gasteiger charge is -2.29. The average molecular weight is 481 g/mol. The summed E-state index contributed by atoms with van der Waals surface area (Å²) in [4.78, 5) is 27.1. The zero-order valence-corrected chi connectivity index (χ0v) is 20.0. The van der Waals surface area contributed by atoms with E-state index in [2.05, 4.69) is 20.3 Å². The smallest absolute Gasteiger partial charge is 0.410 e. The van der Waals surface area contributed by atoms with Crippen molar-refractivity contribution in [2.75, 3.05) is 24.1 Å². The number of carbonyl (C=O) groups is 1. The standard InChI is InChI=1S/C25H29FN6O3/c1-25(2,3)35-24(33)32-10-4-5-19(32)14-29-21-15-30-22(16-11-17(26)13-28-12-16)31-23(21)34-20-8-6-18(27)7-9-20/h6-9,11-13,15,19,29H,4-5,10,14,27H2,1-3H3. The van der Waals surface area contributed by atoms with Crippen molar-refractivity contribution in [3.8, 4) is 23.0 Å². The van der Waals surface area contributed by atoms with E-state index in [1.807, 2.05) is 20.8 Å². The van der Waals surface area contributed by atoms with Crippen molar-refractivity contribution >= 4 is 17.5 Å². The first kappa shape index (κ1) is 24.2. The lowest BCUT2D eigenvalue weighted by atomic mass is 10.2. The van der Waals surface area contributed by atoms with Gasteiger partial charge in [0.2, 0.25) is 5.88 Å². The number of likely N-dealkylation sites (tertiary alicyclic amines) is 1. The van der Waals surface area contributed by atoms with Crippen LogP contribution in [-0.2, 0) is 4.74 Å². The summed E-state index contributed by atoms with van der Waals surface area (Å²) in [7, 11) is 0. The molecule has 0 saturated carbocycles. The summed E-state index contributed by atoms with van der Waals surface area (Å²) < 4.78 is 25.3. The topological polar surface area (TPSA) is 115 Å². The van der Waals surface area contributed by atoms with Gasteiger partial charge in [-0.25, -0.2) is 14.2 Å². The molecular formula is C25H29FN6O3. The minimum atomic E-state index is -0.562. The number of benzene rings is 1. The first-order valence-corrected chi connectivity index (χ1v) is 11.4. The Hall–Kier alpha value is -3.95. The van der Waals surface area contributed by atoms with Gasteiger partial charge in [-0.3, -0.25) is 4.98 Å². The number of nitrogens with two attached hydrogens (primary N) is 1. The van der Waals surface area contributed by atoms with Gasteiger partial charge in [-0.15, -0.1) is 0 Å². The Balaban J connectivity index is 1.56. The van der Waals surface area contributed by atoms with Crippen LogP contribution < -0.4 is 15.8 Å². The second-order valence-corrected chi connectivity index (χ2v) is 9.33. The second-order valence-electron chi connectivity index (χ2n) is 9.33. The van der Waals surface area contributed by atoms with Gasteiger partial charge >= 0.3 is 6.09 Å². The predicted octanol–water partition coefficient (Wildman–Crippen LogP) is 4.86. The van der Waals surface area contributed by atoms with Crippen LogP contribution in [0.4, 0.5) is 20.6 Å². The first-order chi connectivity index (χ1) is 16.7. The lowest BCUT2D eigenvalue weighted by Crippen LogP contribution is -2.42. The highest BCUT2D eigenvalue weighted by molar-refractivity contribution is 5.69. The van der Waals surface area contributed by atoms with Gasteiger partial charge < -0.3 is 25.4 Å². The van der Waals surface area contributed by atoms with E-state index in [4.69, 9.17) is 15.2 Å². The van der Waals surface area contributed by atoms with E-state index in [9.17, 15) is 9.18 Å². The molecule has 1 atom stereocenters. The van der Waals surface area contributed by atoms with Crippen molar-refractivity contribution in [1.82, 2.24) is 19.9 Å². The van der Waals surface area contributed by atoms with Gasteiger partial charge in [0.1, 0.15) is 22.9 Å².